The predicted molar refractivity (Wildman–Crippen MR) is 121 cm³/mol. The summed E-state index contributed by atoms with van der Waals surface area (Å²) in [7, 11) is 0. The van der Waals surface area contributed by atoms with Gasteiger partial charge in [0.2, 0.25) is 0 Å². The van der Waals surface area contributed by atoms with Crippen molar-refractivity contribution in [3.8, 4) is 0 Å². The highest BCUT2D eigenvalue weighted by Gasteiger charge is 2.46. The molecule has 2 aliphatic carbocycles. The van der Waals surface area contributed by atoms with Gasteiger partial charge in [-0.05, 0) is 77.0 Å². The molecule has 0 aromatic rings. The predicted octanol–water partition coefficient (Wildman–Crippen LogP) is 3.44. The molecule has 8 heteroatoms. The zero-order chi connectivity index (χ0) is 20.7. The Hall–Kier alpha value is 0.0400. The lowest BCUT2D eigenvalue weighted by molar-refractivity contribution is 0.0850. The maximum atomic E-state index is 13.5. The average Bonchev–Trinajstić information content (AvgIpc) is 3.42. The molecule has 2 saturated carbocycles. The first-order chi connectivity index (χ1) is 14.6. The molecule has 5 fully saturated rings. The van der Waals surface area contributed by atoms with Crippen molar-refractivity contribution in [2.24, 2.45) is 11.8 Å². The molecule has 6 atom stereocenters. The third kappa shape index (κ3) is 4.43. The molecule has 6 nitrogen and oxygen atoms in total. The highest BCUT2D eigenvalue weighted by atomic mass is 32.2. The molecule has 0 radical (unpaired) electrons. The van der Waals surface area contributed by atoms with E-state index in [0.717, 1.165) is 38.1 Å². The molecule has 0 aromatic carbocycles. The lowest BCUT2D eigenvalue weighted by Gasteiger charge is -2.35. The molecule has 0 bridgehead atoms. The third-order valence-electron chi connectivity index (χ3n) is 8.44. The molecule has 0 amide bonds. The number of rotatable bonds is 5. The van der Waals surface area contributed by atoms with Gasteiger partial charge in [-0.3, -0.25) is 5.43 Å². The zero-order valence-corrected chi connectivity index (χ0v) is 19.5. The minimum absolute atomic E-state index is 0.290. The number of halogens is 1. The fourth-order valence-corrected chi connectivity index (χ4v) is 7.99. The van der Waals surface area contributed by atoms with Crippen LogP contribution in [-0.4, -0.2) is 51.4 Å². The van der Waals surface area contributed by atoms with Gasteiger partial charge in [-0.25, -0.2) is 25.7 Å². The molecule has 0 spiro atoms. The van der Waals surface area contributed by atoms with Crippen LogP contribution < -0.4 is 21.7 Å². The number of thioether (sulfide) groups is 1. The Morgan fingerprint density at radius 2 is 1.63 bits per heavy atom. The van der Waals surface area contributed by atoms with Crippen LogP contribution >= 0.6 is 11.8 Å². The highest BCUT2D eigenvalue weighted by Crippen LogP contribution is 2.40. The molecule has 0 aromatic heterocycles. The van der Waals surface area contributed by atoms with Crippen LogP contribution in [-0.2, 0) is 0 Å². The molecule has 172 valence electrons. The normalized spacial score (nSPS) is 46.5. The van der Waals surface area contributed by atoms with Crippen LogP contribution in [0.2, 0.25) is 0 Å². The van der Waals surface area contributed by atoms with Crippen LogP contribution in [0.25, 0.3) is 0 Å². The number of fused-ring (bicyclic) bond motifs is 1. The maximum Gasteiger partial charge on any atom is 0.136 e. The van der Waals surface area contributed by atoms with E-state index < -0.39 is 6.17 Å². The summed E-state index contributed by atoms with van der Waals surface area (Å²) in [5.41, 5.74) is 14.9. The highest BCUT2D eigenvalue weighted by molar-refractivity contribution is 8.00. The Labute approximate surface area is 185 Å². The Morgan fingerprint density at radius 3 is 2.40 bits per heavy atom. The topological polar surface area (TPSA) is 54.6 Å². The Bertz CT molecular complexity index is 570. The first kappa shape index (κ1) is 21.9. The molecule has 5 aliphatic rings. The largest absolute Gasteiger partial charge is 0.252 e. The fraction of sp³-hybridized carbons (Fsp3) is 1.00. The first-order valence-corrected chi connectivity index (χ1v) is 13.4. The monoisotopic (exact) mass is 440 g/mol. The summed E-state index contributed by atoms with van der Waals surface area (Å²) in [6.45, 7) is 4.80. The summed E-state index contributed by atoms with van der Waals surface area (Å²) in [6, 6.07) is 1.89. The molecular weight excluding hydrogens is 399 g/mol. The molecule has 3 heterocycles. The van der Waals surface area contributed by atoms with Crippen LogP contribution in [0.4, 0.5) is 4.39 Å². The smallest absolute Gasteiger partial charge is 0.136 e. The summed E-state index contributed by atoms with van der Waals surface area (Å²) in [4.78, 5) is 0. The van der Waals surface area contributed by atoms with Crippen LogP contribution in [0.1, 0.15) is 84.5 Å². The van der Waals surface area contributed by atoms with Crippen LogP contribution in [0.15, 0.2) is 0 Å². The lowest BCUT2D eigenvalue weighted by Crippen LogP contribution is -2.48. The van der Waals surface area contributed by atoms with E-state index in [9.17, 15) is 4.39 Å². The van der Waals surface area contributed by atoms with E-state index in [2.05, 4.69) is 45.6 Å². The number of nitrogens with zero attached hydrogens (tertiary/aromatic N) is 2. The SMILES string of the molecule is CC1NN(C2CCCCC2)C(C)C1CCC1NNC2SC(C3CCC(F)CC3)NN12. The van der Waals surface area contributed by atoms with Crippen molar-refractivity contribution in [3.05, 3.63) is 0 Å². The first-order valence-electron chi connectivity index (χ1n) is 12.5. The van der Waals surface area contributed by atoms with E-state index in [1.807, 2.05) is 11.8 Å². The maximum absolute atomic E-state index is 13.5. The van der Waals surface area contributed by atoms with Crippen LogP contribution in [0.5, 0.6) is 0 Å². The minimum atomic E-state index is -0.572. The van der Waals surface area contributed by atoms with Gasteiger partial charge in [0.15, 0.2) is 0 Å². The quantitative estimate of drug-likeness (QED) is 0.522. The van der Waals surface area contributed by atoms with Gasteiger partial charge >= 0.3 is 0 Å². The number of nitrogens with one attached hydrogen (secondary N) is 4. The number of hydrogen-bond donors (Lipinski definition) is 4. The summed E-state index contributed by atoms with van der Waals surface area (Å²) in [6.07, 6.45) is 12.5. The van der Waals surface area contributed by atoms with Crippen molar-refractivity contribution in [1.82, 2.24) is 31.7 Å². The van der Waals surface area contributed by atoms with Crippen LogP contribution in [0.3, 0.4) is 0 Å². The Morgan fingerprint density at radius 1 is 0.867 bits per heavy atom. The van der Waals surface area contributed by atoms with E-state index in [4.69, 9.17) is 0 Å². The van der Waals surface area contributed by atoms with Crippen molar-refractivity contribution in [1.29, 1.82) is 0 Å². The van der Waals surface area contributed by atoms with Gasteiger partial charge in [0, 0.05) is 18.1 Å². The van der Waals surface area contributed by atoms with Crippen molar-refractivity contribution in [2.75, 3.05) is 0 Å². The second kappa shape index (κ2) is 9.49. The van der Waals surface area contributed by atoms with E-state index in [1.54, 1.807) is 0 Å². The number of hydrazine groups is 3. The van der Waals surface area contributed by atoms with Gasteiger partial charge in [-0.15, -0.1) is 11.8 Å². The molecule has 3 saturated heterocycles. The number of hydrogen-bond acceptors (Lipinski definition) is 7. The van der Waals surface area contributed by atoms with Gasteiger partial charge in [-0.1, -0.05) is 19.3 Å². The van der Waals surface area contributed by atoms with Crippen molar-refractivity contribution < 1.29 is 4.39 Å². The number of alkyl halides is 1. The summed E-state index contributed by atoms with van der Waals surface area (Å²) >= 11 is 1.97. The Kier molecular flexibility index (Phi) is 6.92. The van der Waals surface area contributed by atoms with E-state index in [1.165, 1.54) is 38.5 Å². The fourth-order valence-electron chi connectivity index (χ4n) is 6.56. The Balaban J connectivity index is 1.12. The van der Waals surface area contributed by atoms with E-state index >= 15 is 0 Å². The minimum Gasteiger partial charge on any atom is -0.252 e. The zero-order valence-electron chi connectivity index (χ0n) is 18.7. The van der Waals surface area contributed by atoms with Crippen molar-refractivity contribution in [2.45, 2.75) is 126 Å². The summed E-state index contributed by atoms with van der Waals surface area (Å²) in [5, 5.41) is 5.43. The van der Waals surface area contributed by atoms with Gasteiger partial charge in [0.25, 0.3) is 0 Å². The lowest BCUT2D eigenvalue weighted by atomic mass is 9.88. The van der Waals surface area contributed by atoms with E-state index in [0.29, 0.717) is 41.0 Å². The third-order valence-corrected chi connectivity index (χ3v) is 9.82. The second-order valence-electron chi connectivity index (χ2n) is 10.4. The van der Waals surface area contributed by atoms with Gasteiger partial charge in [-0.2, -0.15) is 5.01 Å². The van der Waals surface area contributed by atoms with Crippen molar-refractivity contribution in [3.63, 3.8) is 0 Å². The standard InChI is InChI=1S/C22H41FN6S/c1-14-19(15(2)28(26-14)18-6-4-3-5-7-18)12-13-20-24-25-22-29(20)27-21(30-22)16-8-10-17(23)11-9-16/h14-22,24-27H,3-13H2,1-2H3. The van der Waals surface area contributed by atoms with E-state index in [-0.39, 0.29) is 0 Å². The average molecular weight is 441 g/mol. The molecule has 30 heavy (non-hydrogen) atoms. The molecule has 3 aliphatic heterocycles. The van der Waals surface area contributed by atoms with Gasteiger partial charge < -0.3 is 0 Å². The van der Waals surface area contributed by atoms with Gasteiger partial charge in [0.1, 0.15) is 11.7 Å². The molecule has 6 unspecified atom stereocenters. The molecule has 5 rings (SSSR count). The second-order valence-corrected chi connectivity index (χ2v) is 11.6. The van der Waals surface area contributed by atoms with Crippen molar-refractivity contribution >= 4 is 11.8 Å². The molecule has 4 N–H and O–H groups in total. The summed E-state index contributed by atoms with van der Waals surface area (Å²) in [5.74, 6) is 1.29. The van der Waals surface area contributed by atoms with Gasteiger partial charge in [0.05, 0.1) is 11.5 Å². The van der Waals surface area contributed by atoms with Crippen LogP contribution in [0, 0.1) is 11.8 Å². The molecular formula is C22H41FN6S. The summed E-state index contributed by atoms with van der Waals surface area (Å²) < 4.78 is 13.5.